The van der Waals surface area contributed by atoms with Gasteiger partial charge in [-0.3, -0.25) is 9.59 Å². The summed E-state index contributed by atoms with van der Waals surface area (Å²) in [5, 5.41) is 17.9. The number of Topliss-reactive ketones (excluding diaryl/α,β-unsaturated/α-hetero) is 2. The van der Waals surface area contributed by atoms with Crippen molar-refractivity contribution in [1.82, 2.24) is 0 Å². The molecular weight excluding hydrogens is 460 g/mol. The fourth-order valence-electron chi connectivity index (χ4n) is 2.72. The van der Waals surface area contributed by atoms with Gasteiger partial charge in [0.1, 0.15) is 6.79 Å². The van der Waals surface area contributed by atoms with Gasteiger partial charge in [0.25, 0.3) is 0 Å². The number of carboxylic acid groups (broad SMARTS) is 2. The van der Waals surface area contributed by atoms with Gasteiger partial charge < -0.3 is 24.5 Å². The van der Waals surface area contributed by atoms with Crippen LogP contribution >= 0.6 is 0 Å². The Bertz CT molecular complexity index is 1090. The number of carboxylic acids is 2. The van der Waals surface area contributed by atoms with Gasteiger partial charge in [-0.1, -0.05) is 19.1 Å². The minimum atomic E-state index is -1.28. The highest BCUT2D eigenvalue weighted by atomic mass is 16.7. The molecule has 0 bridgehead atoms. The van der Waals surface area contributed by atoms with Crippen molar-refractivity contribution in [2.75, 3.05) is 7.11 Å². The van der Waals surface area contributed by atoms with Gasteiger partial charge in [-0.2, -0.15) is 0 Å². The predicted octanol–water partition coefficient (Wildman–Crippen LogP) is 3.70. The van der Waals surface area contributed by atoms with Crippen LogP contribution in [-0.2, 0) is 20.7 Å². The molecule has 0 aliphatic carbocycles. The largest absolute Gasteiger partial charge is 0.478 e. The Hall–Kier alpha value is -4.18. The zero-order valence-corrected chi connectivity index (χ0v) is 20.1. The van der Waals surface area contributed by atoms with Crippen LogP contribution in [-0.4, -0.2) is 59.9 Å². The lowest BCUT2D eigenvalue weighted by atomic mass is 10.0. The topological polar surface area (TPSA) is 161 Å². The van der Waals surface area contributed by atoms with Crippen LogP contribution < -0.4 is 0 Å². The van der Waals surface area contributed by atoms with Gasteiger partial charge in [0.2, 0.25) is 0 Å². The predicted molar refractivity (Wildman–Crippen MR) is 125 cm³/mol. The summed E-state index contributed by atoms with van der Waals surface area (Å²) in [5.74, 6) is -3.65. The highest BCUT2D eigenvalue weighted by Crippen LogP contribution is 2.15. The van der Waals surface area contributed by atoms with Crippen LogP contribution in [0.15, 0.2) is 36.4 Å². The molecule has 1 unspecified atom stereocenters. The summed E-state index contributed by atoms with van der Waals surface area (Å²) in [6.45, 7) is 8.09. The van der Waals surface area contributed by atoms with E-state index in [4.69, 9.17) is 24.5 Å². The molecule has 2 N–H and O–H groups in total. The molecule has 0 spiro atoms. The Morgan fingerprint density at radius 2 is 1.29 bits per heavy atom. The van der Waals surface area contributed by atoms with E-state index < -0.39 is 24.2 Å². The lowest BCUT2D eigenvalue weighted by Gasteiger charge is -2.11. The fraction of sp³-hybridized carbons (Fsp3) is 0.280. The summed E-state index contributed by atoms with van der Waals surface area (Å²) in [6.07, 6.45) is 0.0200. The summed E-state index contributed by atoms with van der Waals surface area (Å²) in [6, 6.07) is 8.66. The van der Waals surface area contributed by atoms with Crippen LogP contribution in [0.1, 0.15) is 85.0 Å². The lowest BCUT2D eigenvalue weighted by Crippen LogP contribution is -2.17. The summed E-state index contributed by atoms with van der Waals surface area (Å²) in [4.78, 5) is 64.0. The molecule has 10 nitrogen and oxygen atoms in total. The molecule has 0 aliphatic rings. The van der Waals surface area contributed by atoms with E-state index in [1.807, 2.05) is 13.7 Å². The van der Waals surface area contributed by atoms with Gasteiger partial charge in [-0.05, 0) is 57.0 Å². The van der Waals surface area contributed by atoms with Gasteiger partial charge in [0, 0.05) is 18.2 Å². The maximum atomic E-state index is 11.7. The summed E-state index contributed by atoms with van der Waals surface area (Å²) in [5.41, 5.74) is 1.15. The Morgan fingerprint density at radius 1 is 0.829 bits per heavy atom. The number of carbonyl (C=O) groups is 6. The van der Waals surface area contributed by atoms with Crippen LogP contribution in [0.5, 0.6) is 0 Å². The normalized spacial score (nSPS) is 10.4. The highest BCUT2D eigenvalue weighted by Gasteiger charge is 2.18. The quantitative estimate of drug-likeness (QED) is 0.318. The number of rotatable bonds is 8. The SMILES string of the molecule is C=O.CCc1ccc(C(C)=O)c(C(=O)O)c1.COC(C)OC(=O)c1ccc(C(C)=O)c(C(=O)O)c1. The molecular formula is C25H28O10. The maximum Gasteiger partial charge on any atom is 0.340 e. The average molecular weight is 488 g/mol. The molecule has 0 amide bonds. The first-order chi connectivity index (χ1) is 16.4. The molecule has 0 fully saturated rings. The van der Waals surface area contributed by atoms with Gasteiger partial charge in [-0.25, -0.2) is 14.4 Å². The standard InChI is InChI=1S/C13H14O6.C11H12O3.CH2O/c1-7(14)10-5-4-9(6-11(10)12(15)16)13(17)19-8(2)18-3;1-3-8-4-5-9(7(2)12)10(6-8)11(13)14;1-2/h4-6,8H,1-3H3,(H,15,16);4-6H,3H2,1-2H3,(H,13,14);1H2. The van der Waals surface area contributed by atoms with Crippen molar-refractivity contribution in [3.05, 3.63) is 69.8 Å². The highest BCUT2D eigenvalue weighted by molar-refractivity contribution is 6.06. The van der Waals surface area contributed by atoms with Gasteiger partial charge >= 0.3 is 17.9 Å². The number of benzene rings is 2. The Kier molecular flexibility index (Phi) is 13.1. The molecule has 0 radical (unpaired) electrons. The molecule has 2 aromatic rings. The van der Waals surface area contributed by atoms with E-state index >= 15 is 0 Å². The zero-order chi connectivity index (χ0) is 27.3. The Labute approximate surface area is 202 Å². The smallest absolute Gasteiger partial charge is 0.340 e. The van der Waals surface area contributed by atoms with Crippen molar-refractivity contribution in [2.45, 2.75) is 40.4 Å². The van der Waals surface area contributed by atoms with Gasteiger partial charge in [0.05, 0.1) is 16.7 Å². The van der Waals surface area contributed by atoms with Crippen molar-refractivity contribution in [3.63, 3.8) is 0 Å². The van der Waals surface area contributed by atoms with E-state index in [1.165, 1.54) is 40.0 Å². The second kappa shape index (κ2) is 14.9. The molecule has 2 aromatic carbocycles. The third kappa shape index (κ3) is 9.30. The minimum absolute atomic E-state index is 0.0452. The number of hydrogen-bond acceptors (Lipinski definition) is 8. The molecule has 2 rings (SSSR count). The van der Waals surface area contributed by atoms with Crippen LogP contribution in [0, 0.1) is 0 Å². The van der Waals surface area contributed by atoms with Crippen molar-refractivity contribution in [2.24, 2.45) is 0 Å². The molecule has 188 valence electrons. The van der Waals surface area contributed by atoms with Crippen molar-refractivity contribution >= 4 is 36.3 Å². The van der Waals surface area contributed by atoms with Crippen LogP contribution in [0.2, 0.25) is 0 Å². The Morgan fingerprint density at radius 3 is 1.69 bits per heavy atom. The number of hydrogen-bond donors (Lipinski definition) is 2. The van der Waals surface area contributed by atoms with Gasteiger partial charge in [-0.15, -0.1) is 0 Å². The number of ether oxygens (including phenoxy) is 2. The zero-order valence-electron chi connectivity index (χ0n) is 20.1. The summed E-state index contributed by atoms with van der Waals surface area (Å²) in [7, 11) is 1.37. The van der Waals surface area contributed by atoms with E-state index in [-0.39, 0.29) is 39.4 Å². The van der Waals surface area contributed by atoms with E-state index in [0.29, 0.717) is 0 Å². The van der Waals surface area contributed by atoms with Crippen molar-refractivity contribution in [3.8, 4) is 0 Å². The molecule has 1 atom stereocenters. The van der Waals surface area contributed by atoms with Gasteiger partial charge in [0.15, 0.2) is 17.9 Å². The number of ketones is 2. The van der Waals surface area contributed by atoms with E-state index in [0.717, 1.165) is 18.1 Å². The van der Waals surface area contributed by atoms with Crippen molar-refractivity contribution < 1.29 is 48.5 Å². The first-order valence-electron chi connectivity index (χ1n) is 10.2. The molecule has 0 aromatic heterocycles. The number of aromatic carboxylic acids is 2. The van der Waals surface area contributed by atoms with Crippen LogP contribution in [0.4, 0.5) is 0 Å². The number of methoxy groups -OCH3 is 1. The monoisotopic (exact) mass is 488 g/mol. The molecule has 0 heterocycles. The molecule has 0 saturated heterocycles. The number of aryl methyl sites for hydroxylation is 1. The molecule has 35 heavy (non-hydrogen) atoms. The van der Waals surface area contributed by atoms with Crippen molar-refractivity contribution in [1.29, 1.82) is 0 Å². The fourth-order valence-corrected chi connectivity index (χ4v) is 2.72. The third-order valence-electron chi connectivity index (χ3n) is 4.57. The summed E-state index contributed by atoms with van der Waals surface area (Å²) < 4.78 is 9.65. The van der Waals surface area contributed by atoms with E-state index in [2.05, 4.69) is 0 Å². The van der Waals surface area contributed by atoms with Crippen LogP contribution in [0.25, 0.3) is 0 Å². The van der Waals surface area contributed by atoms with E-state index in [1.54, 1.807) is 18.2 Å². The second-order valence-electron chi connectivity index (χ2n) is 6.93. The molecule has 0 saturated carbocycles. The third-order valence-corrected chi connectivity index (χ3v) is 4.57. The summed E-state index contributed by atoms with van der Waals surface area (Å²) >= 11 is 0. The van der Waals surface area contributed by atoms with Crippen LogP contribution in [0.3, 0.4) is 0 Å². The minimum Gasteiger partial charge on any atom is -0.478 e. The average Bonchev–Trinajstić information content (AvgIpc) is 2.84. The first-order valence-corrected chi connectivity index (χ1v) is 10.2. The maximum absolute atomic E-state index is 11.7. The lowest BCUT2D eigenvalue weighted by molar-refractivity contribution is -0.0980. The molecule has 10 heteroatoms. The number of carbonyl (C=O) groups excluding carboxylic acids is 4. The Balaban J connectivity index is 0.000000641. The number of esters is 1. The first kappa shape index (κ1) is 30.8. The van der Waals surface area contributed by atoms with E-state index in [9.17, 15) is 24.0 Å². The molecule has 0 aliphatic heterocycles. The second-order valence-corrected chi connectivity index (χ2v) is 6.93.